The van der Waals surface area contributed by atoms with Crippen LogP contribution in [-0.4, -0.2) is 29.1 Å². The van der Waals surface area contributed by atoms with Crippen LogP contribution in [0.4, 0.5) is 0 Å². The Bertz CT molecular complexity index is 928. The van der Waals surface area contributed by atoms with E-state index in [0.29, 0.717) is 6.54 Å². The van der Waals surface area contributed by atoms with E-state index >= 15 is 0 Å². The number of fused-ring (bicyclic) bond motifs is 2. The quantitative estimate of drug-likeness (QED) is 0.672. The average Bonchev–Trinajstić information content (AvgIpc) is 3.26. The molecule has 0 atom stereocenters. The maximum atomic E-state index is 12.6. The zero-order valence-corrected chi connectivity index (χ0v) is 15.8. The number of amides is 1. The lowest BCUT2D eigenvalue weighted by molar-refractivity contribution is 0.0954. The molecule has 0 saturated heterocycles. The molecule has 1 aliphatic carbocycles. The minimum Gasteiger partial charge on any atom is -0.495 e. The van der Waals surface area contributed by atoms with Crippen LogP contribution < -0.4 is 10.1 Å². The number of benzene rings is 1. The van der Waals surface area contributed by atoms with Crippen LogP contribution >= 0.6 is 11.3 Å². The predicted octanol–water partition coefficient (Wildman–Crippen LogP) is 3.81. The lowest BCUT2D eigenvalue weighted by atomic mass is 9.98. The fourth-order valence-electron chi connectivity index (χ4n) is 3.62. The Morgan fingerprint density at radius 1 is 1.31 bits per heavy atom. The minimum atomic E-state index is -0.0169. The van der Waals surface area contributed by atoms with Gasteiger partial charge in [0, 0.05) is 23.5 Å². The molecule has 1 aromatic carbocycles. The Morgan fingerprint density at radius 2 is 2.15 bits per heavy atom. The second-order valence-corrected chi connectivity index (χ2v) is 7.71. The Kier molecular flexibility index (Phi) is 4.93. The molecule has 26 heavy (non-hydrogen) atoms. The second kappa shape index (κ2) is 7.50. The molecule has 1 aliphatic rings. The van der Waals surface area contributed by atoms with Gasteiger partial charge in [-0.2, -0.15) is 0 Å². The maximum Gasteiger partial charge on any atom is 0.265 e. The van der Waals surface area contributed by atoms with Crippen molar-refractivity contribution < 1.29 is 9.53 Å². The van der Waals surface area contributed by atoms with E-state index in [1.54, 1.807) is 18.4 Å². The van der Waals surface area contributed by atoms with Crippen molar-refractivity contribution in [3.63, 3.8) is 0 Å². The molecule has 0 unspecified atom stereocenters. The number of hydrogen-bond donors (Lipinski definition) is 1. The molecular weight excluding hydrogens is 346 g/mol. The Labute approximate surface area is 157 Å². The molecule has 0 aliphatic heterocycles. The monoisotopic (exact) mass is 369 g/mol. The van der Waals surface area contributed by atoms with E-state index in [4.69, 9.17) is 4.74 Å². The molecule has 1 N–H and O–H groups in total. The van der Waals surface area contributed by atoms with E-state index < -0.39 is 0 Å². The first-order valence-electron chi connectivity index (χ1n) is 9.14. The average molecular weight is 369 g/mol. The number of rotatable bonds is 6. The van der Waals surface area contributed by atoms with E-state index in [2.05, 4.69) is 20.9 Å². The number of hydrogen-bond acceptors (Lipinski definition) is 4. The molecule has 0 saturated carbocycles. The van der Waals surface area contributed by atoms with Gasteiger partial charge in [-0.05, 0) is 44.2 Å². The Morgan fingerprint density at radius 3 is 3.04 bits per heavy atom. The summed E-state index contributed by atoms with van der Waals surface area (Å²) in [6.07, 6.45) is 7.20. The first kappa shape index (κ1) is 17.1. The van der Waals surface area contributed by atoms with Gasteiger partial charge in [0.05, 0.1) is 24.5 Å². The van der Waals surface area contributed by atoms with E-state index in [1.807, 2.05) is 24.5 Å². The number of carbonyl (C=O) groups excluding carboxylic acids is 1. The molecule has 0 radical (unpaired) electrons. The standard InChI is InChI=1S/C20H23N3O2S/c1-25-18-14-7-2-5-10-17(14)26-19(18)20(24)21-11-6-12-23-13-22-15-8-3-4-9-16(15)23/h3-4,8-9,13H,2,5-7,10-12H2,1H3,(H,21,24). The van der Waals surface area contributed by atoms with Crippen molar-refractivity contribution >= 4 is 28.3 Å². The highest BCUT2D eigenvalue weighted by molar-refractivity contribution is 7.14. The molecule has 2 aromatic heterocycles. The van der Waals surface area contributed by atoms with Gasteiger partial charge in [-0.15, -0.1) is 11.3 Å². The van der Waals surface area contributed by atoms with E-state index in [9.17, 15) is 4.79 Å². The maximum absolute atomic E-state index is 12.6. The van der Waals surface area contributed by atoms with Crippen molar-refractivity contribution in [2.75, 3.05) is 13.7 Å². The molecule has 2 heterocycles. The molecule has 0 fully saturated rings. The SMILES string of the molecule is COc1c(C(=O)NCCCn2cnc3ccccc32)sc2c1CCCC2. The summed E-state index contributed by atoms with van der Waals surface area (Å²) in [4.78, 5) is 19.1. The van der Waals surface area contributed by atoms with Crippen LogP contribution in [0, 0.1) is 0 Å². The number of aromatic nitrogens is 2. The third kappa shape index (κ3) is 3.21. The second-order valence-electron chi connectivity index (χ2n) is 6.61. The van der Waals surface area contributed by atoms with Crippen LogP contribution in [0.15, 0.2) is 30.6 Å². The Hall–Kier alpha value is -2.34. The van der Waals surface area contributed by atoms with Crippen LogP contribution in [0.1, 0.15) is 39.4 Å². The van der Waals surface area contributed by atoms with Gasteiger partial charge in [0.1, 0.15) is 10.6 Å². The summed E-state index contributed by atoms with van der Waals surface area (Å²) < 4.78 is 7.69. The molecule has 5 nitrogen and oxygen atoms in total. The number of ether oxygens (including phenoxy) is 1. The van der Waals surface area contributed by atoms with Gasteiger partial charge in [-0.25, -0.2) is 4.98 Å². The number of imidazole rings is 1. The largest absolute Gasteiger partial charge is 0.495 e. The molecular formula is C20H23N3O2S. The molecule has 0 spiro atoms. The van der Waals surface area contributed by atoms with Gasteiger partial charge in [-0.3, -0.25) is 4.79 Å². The number of para-hydroxylation sites is 2. The smallest absolute Gasteiger partial charge is 0.265 e. The van der Waals surface area contributed by atoms with Crippen molar-refractivity contribution in [1.82, 2.24) is 14.9 Å². The number of nitrogens with zero attached hydrogens (tertiary/aromatic N) is 2. The number of thiophene rings is 1. The zero-order chi connectivity index (χ0) is 17.9. The fraction of sp³-hybridized carbons (Fsp3) is 0.400. The number of nitrogens with one attached hydrogen (secondary N) is 1. The van der Waals surface area contributed by atoms with Crippen molar-refractivity contribution in [3.8, 4) is 5.75 Å². The first-order chi connectivity index (χ1) is 12.8. The topological polar surface area (TPSA) is 56.1 Å². The number of aryl methyl sites for hydroxylation is 2. The van der Waals surface area contributed by atoms with Crippen LogP contribution in [-0.2, 0) is 19.4 Å². The van der Waals surface area contributed by atoms with Crippen molar-refractivity contribution in [2.24, 2.45) is 0 Å². The van der Waals surface area contributed by atoms with Gasteiger partial charge in [-0.1, -0.05) is 12.1 Å². The minimum absolute atomic E-state index is 0.0169. The molecule has 136 valence electrons. The summed E-state index contributed by atoms with van der Waals surface area (Å²) in [5, 5.41) is 3.05. The molecule has 3 aromatic rings. The summed E-state index contributed by atoms with van der Waals surface area (Å²) in [6, 6.07) is 8.10. The third-order valence-electron chi connectivity index (χ3n) is 4.92. The molecule has 6 heteroatoms. The normalized spacial score (nSPS) is 13.6. The summed E-state index contributed by atoms with van der Waals surface area (Å²) >= 11 is 1.60. The van der Waals surface area contributed by atoms with Gasteiger partial charge in [0.15, 0.2) is 0 Å². The molecule has 4 rings (SSSR count). The van der Waals surface area contributed by atoms with E-state index in [-0.39, 0.29) is 5.91 Å². The third-order valence-corrected chi connectivity index (χ3v) is 6.19. The highest BCUT2D eigenvalue weighted by Crippen LogP contribution is 2.39. The lowest BCUT2D eigenvalue weighted by Gasteiger charge is -2.11. The molecule has 1 amide bonds. The number of carbonyl (C=O) groups is 1. The van der Waals surface area contributed by atoms with Crippen molar-refractivity contribution in [2.45, 2.75) is 38.6 Å². The predicted molar refractivity (Wildman–Crippen MR) is 104 cm³/mol. The molecule has 0 bridgehead atoms. The van der Waals surface area contributed by atoms with Gasteiger partial charge in [0.2, 0.25) is 0 Å². The van der Waals surface area contributed by atoms with Crippen LogP contribution in [0.25, 0.3) is 11.0 Å². The zero-order valence-electron chi connectivity index (χ0n) is 15.0. The van der Waals surface area contributed by atoms with Gasteiger partial charge >= 0.3 is 0 Å². The number of methoxy groups -OCH3 is 1. The van der Waals surface area contributed by atoms with E-state index in [1.165, 1.54) is 23.3 Å². The lowest BCUT2D eigenvalue weighted by Crippen LogP contribution is -2.24. The van der Waals surface area contributed by atoms with Crippen LogP contribution in [0.3, 0.4) is 0 Å². The van der Waals surface area contributed by atoms with Crippen molar-refractivity contribution in [1.29, 1.82) is 0 Å². The van der Waals surface area contributed by atoms with Crippen LogP contribution in [0.5, 0.6) is 5.75 Å². The fourth-order valence-corrected chi connectivity index (χ4v) is 4.90. The highest BCUT2D eigenvalue weighted by atomic mass is 32.1. The van der Waals surface area contributed by atoms with E-state index in [0.717, 1.165) is 47.5 Å². The highest BCUT2D eigenvalue weighted by Gasteiger charge is 2.25. The summed E-state index contributed by atoms with van der Waals surface area (Å²) in [7, 11) is 1.66. The Balaban J connectivity index is 1.36. The summed E-state index contributed by atoms with van der Waals surface area (Å²) in [5.41, 5.74) is 3.38. The van der Waals surface area contributed by atoms with Crippen LogP contribution in [0.2, 0.25) is 0 Å². The summed E-state index contributed by atoms with van der Waals surface area (Å²) in [5.74, 6) is 0.777. The van der Waals surface area contributed by atoms with Gasteiger partial charge < -0.3 is 14.6 Å². The first-order valence-corrected chi connectivity index (χ1v) is 9.96. The van der Waals surface area contributed by atoms with Gasteiger partial charge in [0.25, 0.3) is 5.91 Å². The van der Waals surface area contributed by atoms with Crippen molar-refractivity contribution in [3.05, 3.63) is 45.9 Å². The summed E-state index contributed by atoms with van der Waals surface area (Å²) in [6.45, 7) is 1.47.